The fraction of sp³-hybridized carbons (Fsp3) is 0.846. The van der Waals surface area contributed by atoms with Gasteiger partial charge < -0.3 is 14.4 Å². The summed E-state index contributed by atoms with van der Waals surface area (Å²) in [4.78, 5) is 51.8. The molecule has 144 valence electrons. The smallest absolute Gasteiger partial charge is 0.310 e. The maximum absolute atomic E-state index is 11.8. The number of ketones is 1. The molecule has 0 saturated carbocycles. The molecule has 0 heterocycles. The van der Waals surface area contributed by atoms with Crippen molar-refractivity contribution >= 4 is 24.4 Å². The lowest BCUT2D eigenvalue weighted by atomic mass is 10.0. The van der Waals surface area contributed by atoms with Crippen LogP contribution in [0.1, 0.15) is 38.5 Å². The van der Waals surface area contributed by atoms with Crippen LogP contribution in [0.2, 0.25) is 0 Å². The van der Waals surface area contributed by atoms with E-state index in [0.29, 0.717) is 25.7 Å². The fourth-order valence-electron chi connectivity index (χ4n) is 1.80. The third-order valence-electron chi connectivity index (χ3n) is 3.05. The maximum Gasteiger partial charge on any atom is 0.310 e. The molecule has 0 aromatic carbocycles. The molecule has 0 aliphatic rings. The van der Waals surface area contributed by atoms with Gasteiger partial charge in [0.05, 0.1) is 25.7 Å². The van der Waals surface area contributed by atoms with Gasteiger partial charge >= 0.3 is 5.97 Å². The van der Waals surface area contributed by atoms with E-state index in [1.807, 2.05) is 0 Å². The Bertz CT molecular complexity index is 447. The van der Waals surface area contributed by atoms with Gasteiger partial charge in [-0.1, -0.05) is 0 Å². The number of rotatable bonds is 16. The first-order chi connectivity index (χ1) is 11.9. The Morgan fingerprint density at radius 2 is 1.44 bits per heavy atom. The largest absolute Gasteiger partial charge is 0.465 e. The van der Waals surface area contributed by atoms with Gasteiger partial charge in [-0.05, 0) is 25.7 Å². The summed E-state index contributed by atoms with van der Waals surface area (Å²) >= 11 is 4.03. The second kappa shape index (κ2) is 14.3. The van der Waals surface area contributed by atoms with Gasteiger partial charge in [-0.15, -0.1) is 20.2 Å². The number of Topliss-reactive ketones (excluding diaryl/α,β-unsaturated/α-hetero) is 1. The molecule has 0 amide bonds. The molecular weight excluding hydrogens is 360 g/mol. The van der Waals surface area contributed by atoms with Crippen molar-refractivity contribution in [3.8, 4) is 0 Å². The van der Waals surface area contributed by atoms with Crippen LogP contribution in [-0.4, -0.2) is 47.5 Å². The van der Waals surface area contributed by atoms with E-state index in [2.05, 4.69) is 22.3 Å². The summed E-state index contributed by atoms with van der Waals surface area (Å²) in [6.07, 6.45) is 1.75. The van der Waals surface area contributed by atoms with Crippen LogP contribution in [0, 0.1) is 26.1 Å². The predicted molar refractivity (Wildman–Crippen MR) is 86.9 cm³/mol. The van der Waals surface area contributed by atoms with Crippen LogP contribution in [0.5, 0.6) is 0 Å². The van der Waals surface area contributed by atoms with Gasteiger partial charge in [0, 0.05) is 18.6 Å². The predicted octanol–water partition coefficient (Wildman–Crippen LogP) is 1.40. The second-order valence-corrected chi connectivity index (χ2v) is 5.43. The number of thiol groups is 1. The van der Waals surface area contributed by atoms with Crippen LogP contribution in [0.25, 0.3) is 0 Å². The molecule has 0 spiro atoms. The molecule has 0 aliphatic carbocycles. The number of unbranched alkanes of at least 4 members (excludes halogenated alkanes) is 2. The number of nitrogens with zero attached hydrogens (tertiary/aromatic N) is 2. The zero-order chi connectivity index (χ0) is 19.1. The van der Waals surface area contributed by atoms with Crippen molar-refractivity contribution in [1.82, 2.24) is 0 Å². The summed E-state index contributed by atoms with van der Waals surface area (Å²) in [5, 5.41) is 18.1. The molecule has 12 heteroatoms. The lowest BCUT2D eigenvalue weighted by Gasteiger charge is -2.13. The Morgan fingerprint density at radius 3 is 1.96 bits per heavy atom. The number of ether oxygens (including phenoxy) is 1. The standard InChI is InChI=1S/C13H22N2O9S/c16-12(5-1-2-7-23-14(18)19)9-11(10-25)13(17)22-6-3-4-8-24-15(20)21/h11,25H,1-10H2. The molecule has 0 bridgehead atoms. The average molecular weight is 382 g/mol. The van der Waals surface area contributed by atoms with E-state index < -0.39 is 22.1 Å². The van der Waals surface area contributed by atoms with E-state index >= 15 is 0 Å². The van der Waals surface area contributed by atoms with Crippen LogP contribution < -0.4 is 0 Å². The van der Waals surface area contributed by atoms with E-state index in [4.69, 9.17) is 4.74 Å². The van der Waals surface area contributed by atoms with Crippen molar-refractivity contribution in [1.29, 1.82) is 0 Å². The Hall–Kier alpha value is -2.11. The Labute approximate surface area is 149 Å². The summed E-state index contributed by atoms with van der Waals surface area (Å²) < 4.78 is 5.01. The second-order valence-electron chi connectivity index (χ2n) is 5.07. The lowest BCUT2D eigenvalue weighted by molar-refractivity contribution is -0.757. The van der Waals surface area contributed by atoms with E-state index in [9.17, 15) is 29.8 Å². The molecule has 11 nitrogen and oxygen atoms in total. The van der Waals surface area contributed by atoms with Gasteiger partial charge in [-0.2, -0.15) is 12.6 Å². The Kier molecular flexibility index (Phi) is 13.0. The lowest BCUT2D eigenvalue weighted by Crippen LogP contribution is -2.23. The number of carbonyl (C=O) groups excluding carboxylic acids is 2. The molecule has 1 atom stereocenters. The van der Waals surface area contributed by atoms with Gasteiger partial charge in [0.1, 0.15) is 5.78 Å². The molecule has 0 radical (unpaired) electrons. The quantitative estimate of drug-likeness (QED) is 0.137. The zero-order valence-electron chi connectivity index (χ0n) is 13.7. The van der Waals surface area contributed by atoms with Crippen molar-refractivity contribution in [2.24, 2.45) is 5.92 Å². The third kappa shape index (κ3) is 14.0. The first kappa shape index (κ1) is 22.9. The fourth-order valence-corrected chi connectivity index (χ4v) is 2.07. The van der Waals surface area contributed by atoms with Gasteiger partial charge in [-0.3, -0.25) is 9.59 Å². The maximum atomic E-state index is 11.8. The summed E-state index contributed by atoms with van der Waals surface area (Å²) in [6, 6.07) is 0. The van der Waals surface area contributed by atoms with Crippen molar-refractivity contribution in [3.05, 3.63) is 20.2 Å². The van der Waals surface area contributed by atoms with Crippen molar-refractivity contribution in [2.75, 3.05) is 25.6 Å². The molecule has 0 saturated heterocycles. The normalized spacial score (nSPS) is 11.4. The molecular formula is C13H22N2O9S. The van der Waals surface area contributed by atoms with Gasteiger partial charge in [0.2, 0.25) is 0 Å². The molecule has 0 aromatic rings. The molecule has 0 aromatic heterocycles. The summed E-state index contributed by atoms with van der Waals surface area (Å²) in [7, 11) is 0. The molecule has 0 rings (SSSR count). The number of hydrogen-bond donors (Lipinski definition) is 1. The third-order valence-corrected chi connectivity index (χ3v) is 3.49. The summed E-state index contributed by atoms with van der Waals surface area (Å²) in [5.74, 6) is -1.22. The number of hydrogen-bond acceptors (Lipinski definition) is 10. The Morgan fingerprint density at radius 1 is 0.920 bits per heavy atom. The Balaban J connectivity index is 3.86. The van der Waals surface area contributed by atoms with Gasteiger partial charge in [0.25, 0.3) is 10.2 Å². The van der Waals surface area contributed by atoms with E-state index in [-0.39, 0.29) is 44.2 Å². The highest BCUT2D eigenvalue weighted by Crippen LogP contribution is 2.12. The highest BCUT2D eigenvalue weighted by molar-refractivity contribution is 7.80. The minimum absolute atomic E-state index is 0.0111. The average Bonchev–Trinajstić information content (AvgIpc) is 2.54. The van der Waals surface area contributed by atoms with Crippen LogP contribution in [0.15, 0.2) is 0 Å². The number of esters is 1. The van der Waals surface area contributed by atoms with Gasteiger partial charge in [-0.25, -0.2) is 0 Å². The van der Waals surface area contributed by atoms with Crippen LogP contribution in [-0.2, 0) is 24.0 Å². The minimum Gasteiger partial charge on any atom is -0.465 e. The minimum atomic E-state index is -0.891. The highest BCUT2D eigenvalue weighted by atomic mass is 32.1. The summed E-state index contributed by atoms with van der Waals surface area (Å²) in [5.41, 5.74) is 0. The van der Waals surface area contributed by atoms with Crippen molar-refractivity contribution < 1.29 is 34.2 Å². The summed E-state index contributed by atoms with van der Waals surface area (Å²) in [6.45, 7) is -0.0612. The molecule has 25 heavy (non-hydrogen) atoms. The van der Waals surface area contributed by atoms with Crippen molar-refractivity contribution in [3.63, 3.8) is 0 Å². The first-order valence-corrected chi connectivity index (χ1v) is 8.33. The molecule has 0 N–H and O–H groups in total. The SMILES string of the molecule is O=C(CCCCO[N+](=O)[O-])CC(CS)C(=O)OCCCCO[N+](=O)[O-]. The molecule has 0 aliphatic heterocycles. The van der Waals surface area contributed by atoms with E-state index in [0.717, 1.165) is 0 Å². The van der Waals surface area contributed by atoms with Crippen LogP contribution in [0.4, 0.5) is 0 Å². The van der Waals surface area contributed by atoms with E-state index in [1.54, 1.807) is 0 Å². The highest BCUT2D eigenvalue weighted by Gasteiger charge is 2.21. The molecule has 1 unspecified atom stereocenters. The number of carbonyl (C=O) groups is 2. The van der Waals surface area contributed by atoms with Gasteiger partial charge in [0.15, 0.2) is 0 Å². The van der Waals surface area contributed by atoms with Crippen LogP contribution >= 0.6 is 12.6 Å². The molecule has 0 fully saturated rings. The van der Waals surface area contributed by atoms with Crippen LogP contribution in [0.3, 0.4) is 0 Å². The van der Waals surface area contributed by atoms with Crippen molar-refractivity contribution in [2.45, 2.75) is 38.5 Å². The zero-order valence-corrected chi connectivity index (χ0v) is 14.6. The monoisotopic (exact) mass is 382 g/mol. The first-order valence-electron chi connectivity index (χ1n) is 7.70. The van der Waals surface area contributed by atoms with E-state index in [1.165, 1.54) is 0 Å². The topological polar surface area (TPSA) is 148 Å².